The highest BCUT2D eigenvalue weighted by molar-refractivity contribution is 7.20. The molecule has 1 N–H and O–H groups in total. The van der Waals surface area contributed by atoms with E-state index in [0.29, 0.717) is 20.2 Å². The van der Waals surface area contributed by atoms with Gasteiger partial charge in [0.2, 0.25) is 0 Å². The van der Waals surface area contributed by atoms with E-state index in [9.17, 15) is 4.79 Å². The third-order valence-electron chi connectivity index (χ3n) is 2.95. The third kappa shape index (κ3) is 3.52. The Hall–Kier alpha value is -0.000000000000000222. The molecule has 102 valence electrons. The van der Waals surface area contributed by atoms with Crippen molar-refractivity contribution in [2.75, 3.05) is 26.7 Å². The van der Waals surface area contributed by atoms with Crippen LogP contribution in [0.15, 0.2) is 6.07 Å². The zero-order chi connectivity index (χ0) is 12.4. The standard InChI is InChI=1S/C11H14Cl2N2OS.ClH/c1-14-5-7-2-3-15(6-7)11(16)8-4-9(12)17-10(8)13;/h4,7,14H,2-3,5-6H2,1H3;1H. The van der Waals surface area contributed by atoms with Crippen LogP contribution in [-0.2, 0) is 0 Å². The molecule has 0 bridgehead atoms. The zero-order valence-corrected chi connectivity index (χ0v) is 13.1. The van der Waals surface area contributed by atoms with Crippen molar-refractivity contribution in [2.45, 2.75) is 6.42 Å². The number of carbonyl (C=O) groups is 1. The van der Waals surface area contributed by atoms with E-state index in [1.165, 1.54) is 11.3 Å². The van der Waals surface area contributed by atoms with E-state index >= 15 is 0 Å². The Kier molecular flexibility index (Phi) is 6.21. The highest BCUT2D eigenvalue weighted by Gasteiger charge is 2.28. The minimum atomic E-state index is -0.00301. The molecule has 0 saturated carbocycles. The molecular formula is C11H15Cl3N2OS. The summed E-state index contributed by atoms with van der Waals surface area (Å²) in [6.07, 6.45) is 1.04. The molecule has 18 heavy (non-hydrogen) atoms. The lowest BCUT2D eigenvalue weighted by Gasteiger charge is -2.16. The first-order valence-electron chi connectivity index (χ1n) is 5.50. The Labute approximate surface area is 127 Å². The smallest absolute Gasteiger partial charge is 0.256 e. The van der Waals surface area contributed by atoms with Crippen LogP contribution in [-0.4, -0.2) is 37.5 Å². The molecule has 0 radical (unpaired) electrons. The van der Waals surface area contributed by atoms with E-state index in [0.717, 1.165) is 26.1 Å². The molecule has 1 aromatic heterocycles. The summed E-state index contributed by atoms with van der Waals surface area (Å²) in [5.74, 6) is 0.536. The van der Waals surface area contributed by atoms with Crippen LogP contribution < -0.4 is 5.32 Å². The van der Waals surface area contributed by atoms with Crippen molar-refractivity contribution in [2.24, 2.45) is 5.92 Å². The van der Waals surface area contributed by atoms with Crippen LogP contribution >= 0.6 is 46.9 Å². The maximum absolute atomic E-state index is 12.2. The van der Waals surface area contributed by atoms with Crippen molar-refractivity contribution >= 4 is 52.9 Å². The zero-order valence-electron chi connectivity index (χ0n) is 9.91. The van der Waals surface area contributed by atoms with Crippen LogP contribution in [0.2, 0.25) is 8.67 Å². The van der Waals surface area contributed by atoms with Crippen LogP contribution in [0.3, 0.4) is 0 Å². The van der Waals surface area contributed by atoms with Crippen molar-refractivity contribution in [3.8, 4) is 0 Å². The van der Waals surface area contributed by atoms with Gasteiger partial charge in [0.05, 0.1) is 9.90 Å². The van der Waals surface area contributed by atoms with E-state index in [-0.39, 0.29) is 18.3 Å². The second-order valence-corrected chi connectivity index (χ2v) is 6.49. The number of amides is 1. The Morgan fingerprint density at radius 3 is 2.89 bits per heavy atom. The lowest BCUT2D eigenvalue weighted by Crippen LogP contribution is -2.30. The SMILES string of the molecule is CNCC1CCN(C(=O)c2cc(Cl)sc2Cl)C1.Cl. The fourth-order valence-electron chi connectivity index (χ4n) is 2.13. The first-order valence-corrected chi connectivity index (χ1v) is 7.07. The Balaban J connectivity index is 0.00000162. The molecule has 3 nitrogen and oxygen atoms in total. The summed E-state index contributed by atoms with van der Waals surface area (Å²) in [7, 11) is 1.93. The Morgan fingerprint density at radius 1 is 1.61 bits per heavy atom. The van der Waals surface area contributed by atoms with Gasteiger partial charge in [-0.25, -0.2) is 0 Å². The monoisotopic (exact) mass is 328 g/mol. The van der Waals surface area contributed by atoms with Gasteiger partial charge in [-0.1, -0.05) is 23.2 Å². The lowest BCUT2D eigenvalue weighted by atomic mass is 10.1. The number of thiophene rings is 1. The molecule has 1 saturated heterocycles. The van der Waals surface area contributed by atoms with Crippen LogP contribution in [0.5, 0.6) is 0 Å². The van der Waals surface area contributed by atoms with Crippen molar-refractivity contribution in [3.63, 3.8) is 0 Å². The molecule has 0 spiro atoms. The molecule has 1 amide bonds. The summed E-state index contributed by atoms with van der Waals surface area (Å²) in [6.45, 7) is 2.54. The second-order valence-electron chi connectivity index (χ2n) is 4.20. The van der Waals surface area contributed by atoms with Crippen LogP contribution in [0.1, 0.15) is 16.8 Å². The van der Waals surface area contributed by atoms with Crippen molar-refractivity contribution in [3.05, 3.63) is 20.3 Å². The van der Waals surface area contributed by atoms with Crippen molar-refractivity contribution in [1.29, 1.82) is 0 Å². The normalized spacial score (nSPS) is 18.8. The van der Waals surface area contributed by atoms with Crippen LogP contribution in [0, 0.1) is 5.92 Å². The topological polar surface area (TPSA) is 32.3 Å². The predicted molar refractivity (Wildman–Crippen MR) is 79.5 cm³/mol. The van der Waals surface area contributed by atoms with Gasteiger partial charge in [0.15, 0.2) is 0 Å². The Bertz CT molecular complexity index is 424. The van der Waals surface area contributed by atoms with Gasteiger partial charge in [-0.2, -0.15) is 0 Å². The molecule has 0 aliphatic carbocycles. The van der Waals surface area contributed by atoms with Gasteiger partial charge in [-0.3, -0.25) is 4.79 Å². The predicted octanol–water partition coefficient (Wildman–Crippen LogP) is 3.16. The molecule has 1 aliphatic heterocycles. The minimum Gasteiger partial charge on any atom is -0.338 e. The maximum atomic E-state index is 12.2. The number of carbonyl (C=O) groups excluding carboxylic acids is 1. The first kappa shape index (κ1) is 16.1. The van der Waals surface area contributed by atoms with E-state index in [1.807, 2.05) is 11.9 Å². The van der Waals surface area contributed by atoms with Crippen molar-refractivity contribution < 1.29 is 4.79 Å². The molecule has 1 aliphatic rings. The number of nitrogens with one attached hydrogen (secondary N) is 1. The number of halogens is 3. The quantitative estimate of drug-likeness (QED) is 0.924. The first-order chi connectivity index (χ1) is 8.11. The van der Waals surface area contributed by atoms with E-state index < -0.39 is 0 Å². The number of hydrogen-bond donors (Lipinski definition) is 1. The summed E-state index contributed by atoms with van der Waals surface area (Å²) in [6, 6.07) is 1.66. The highest BCUT2D eigenvalue weighted by Crippen LogP contribution is 2.32. The van der Waals surface area contributed by atoms with Gasteiger partial charge < -0.3 is 10.2 Å². The Morgan fingerprint density at radius 2 is 2.33 bits per heavy atom. The molecule has 2 rings (SSSR count). The summed E-state index contributed by atoms with van der Waals surface area (Å²) in [4.78, 5) is 14.1. The van der Waals surface area contributed by atoms with Gasteiger partial charge in [0.1, 0.15) is 4.34 Å². The highest BCUT2D eigenvalue weighted by atomic mass is 35.5. The molecule has 0 aromatic carbocycles. The van der Waals surface area contributed by atoms with Gasteiger partial charge >= 0.3 is 0 Å². The molecule has 7 heteroatoms. The van der Waals surface area contributed by atoms with E-state index in [2.05, 4.69) is 5.32 Å². The number of likely N-dealkylation sites (tertiary alicyclic amines) is 1. The fraction of sp³-hybridized carbons (Fsp3) is 0.545. The second kappa shape index (κ2) is 6.96. The van der Waals surface area contributed by atoms with Gasteiger partial charge in [0, 0.05) is 13.1 Å². The molecular weight excluding hydrogens is 315 g/mol. The summed E-state index contributed by atoms with van der Waals surface area (Å²) in [5.41, 5.74) is 0.534. The average molecular weight is 330 g/mol. The van der Waals surface area contributed by atoms with Gasteiger partial charge in [0.25, 0.3) is 5.91 Å². The van der Waals surface area contributed by atoms with Crippen LogP contribution in [0.4, 0.5) is 0 Å². The minimum absolute atomic E-state index is 0. The molecule has 1 aromatic rings. The summed E-state index contributed by atoms with van der Waals surface area (Å²) < 4.78 is 1.04. The van der Waals surface area contributed by atoms with Crippen LogP contribution in [0.25, 0.3) is 0 Å². The molecule has 1 atom stereocenters. The number of hydrogen-bond acceptors (Lipinski definition) is 3. The average Bonchev–Trinajstić information content (AvgIpc) is 2.85. The largest absolute Gasteiger partial charge is 0.338 e. The van der Waals surface area contributed by atoms with Crippen molar-refractivity contribution in [1.82, 2.24) is 10.2 Å². The summed E-state index contributed by atoms with van der Waals surface area (Å²) in [5, 5.41) is 3.14. The fourth-order valence-corrected chi connectivity index (χ4v) is 3.58. The van der Waals surface area contributed by atoms with E-state index in [1.54, 1.807) is 6.07 Å². The maximum Gasteiger partial charge on any atom is 0.256 e. The lowest BCUT2D eigenvalue weighted by molar-refractivity contribution is 0.0788. The van der Waals surface area contributed by atoms with Gasteiger partial charge in [-0.15, -0.1) is 23.7 Å². The molecule has 1 fully saturated rings. The third-order valence-corrected chi connectivity index (χ3v) is 4.44. The van der Waals surface area contributed by atoms with E-state index in [4.69, 9.17) is 23.2 Å². The van der Waals surface area contributed by atoms with Gasteiger partial charge in [-0.05, 0) is 32.0 Å². The molecule has 1 unspecified atom stereocenters. The number of nitrogens with zero attached hydrogens (tertiary/aromatic N) is 1. The summed E-state index contributed by atoms with van der Waals surface area (Å²) >= 11 is 13.1. The molecule has 2 heterocycles. The number of rotatable bonds is 3.